The van der Waals surface area contributed by atoms with Crippen LogP contribution in [0.25, 0.3) is 10.9 Å². The van der Waals surface area contributed by atoms with Gasteiger partial charge in [-0.3, -0.25) is 9.69 Å². The molecule has 158 valence electrons. The van der Waals surface area contributed by atoms with Crippen molar-refractivity contribution in [1.82, 2.24) is 19.9 Å². The zero-order chi connectivity index (χ0) is 20.8. The molecule has 0 radical (unpaired) electrons. The summed E-state index contributed by atoms with van der Waals surface area (Å²) in [5, 5.41) is 1.94. The van der Waals surface area contributed by atoms with Crippen molar-refractivity contribution in [3.8, 4) is 0 Å². The highest BCUT2D eigenvalue weighted by molar-refractivity contribution is 7.99. The minimum Gasteiger partial charge on any atom is -0.354 e. The van der Waals surface area contributed by atoms with Gasteiger partial charge in [-0.1, -0.05) is 43.3 Å². The van der Waals surface area contributed by atoms with Gasteiger partial charge in [-0.2, -0.15) is 0 Å². The quantitative estimate of drug-likeness (QED) is 0.339. The summed E-state index contributed by atoms with van der Waals surface area (Å²) in [6.07, 6.45) is 2.94. The van der Waals surface area contributed by atoms with Gasteiger partial charge in [0.2, 0.25) is 0 Å². The average molecular weight is 424 g/mol. The van der Waals surface area contributed by atoms with E-state index in [1.54, 1.807) is 17.8 Å². The number of aromatic nitrogens is 3. The van der Waals surface area contributed by atoms with Crippen molar-refractivity contribution in [2.24, 2.45) is 0 Å². The van der Waals surface area contributed by atoms with Crippen LogP contribution >= 0.6 is 11.8 Å². The lowest BCUT2D eigenvalue weighted by Gasteiger charge is -2.35. The van der Waals surface area contributed by atoms with Gasteiger partial charge in [-0.15, -0.1) is 0 Å². The van der Waals surface area contributed by atoms with Crippen LogP contribution in [0.4, 0.5) is 5.82 Å². The van der Waals surface area contributed by atoms with Gasteiger partial charge in [0.15, 0.2) is 5.16 Å². The van der Waals surface area contributed by atoms with E-state index < -0.39 is 0 Å². The van der Waals surface area contributed by atoms with Crippen LogP contribution in [0.5, 0.6) is 0 Å². The van der Waals surface area contributed by atoms with Crippen LogP contribution < -0.4 is 10.5 Å². The van der Waals surface area contributed by atoms with Crippen LogP contribution in [-0.4, -0.2) is 58.3 Å². The molecular formula is C23H29N5OS. The predicted octanol–water partition coefficient (Wildman–Crippen LogP) is 3.58. The maximum absolute atomic E-state index is 11.8. The second-order valence-corrected chi connectivity index (χ2v) is 8.77. The van der Waals surface area contributed by atoms with Crippen LogP contribution in [0.15, 0.2) is 52.4 Å². The molecule has 0 saturated carbocycles. The summed E-state index contributed by atoms with van der Waals surface area (Å²) in [6, 6.07) is 14.2. The van der Waals surface area contributed by atoms with E-state index in [4.69, 9.17) is 4.98 Å². The maximum atomic E-state index is 11.8. The number of anilines is 1. The fraction of sp³-hybridized carbons (Fsp3) is 0.435. The lowest BCUT2D eigenvalue weighted by Crippen LogP contribution is -2.47. The Morgan fingerprint density at radius 3 is 2.73 bits per heavy atom. The Morgan fingerprint density at radius 2 is 1.90 bits per heavy atom. The highest BCUT2D eigenvalue weighted by Gasteiger charge is 2.18. The van der Waals surface area contributed by atoms with Crippen molar-refractivity contribution in [3.63, 3.8) is 0 Å². The SMILES string of the molecule is CCCc1cc(=O)[nH]c(SCCCN2CCN(c3ccc4ccccc4n3)CC2)n1. The molecule has 0 spiro atoms. The molecule has 0 amide bonds. The van der Waals surface area contributed by atoms with E-state index in [1.807, 2.05) is 6.07 Å². The number of fused-ring (bicyclic) bond motifs is 1. The first-order valence-corrected chi connectivity index (χ1v) is 11.8. The first-order valence-electron chi connectivity index (χ1n) is 10.8. The molecule has 0 bridgehead atoms. The van der Waals surface area contributed by atoms with Crippen LogP contribution in [0.3, 0.4) is 0 Å². The summed E-state index contributed by atoms with van der Waals surface area (Å²) in [7, 11) is 0. The van der Waals surface area contributed by atoms with Crippen molar-refractivity contribution in [2.75, 3.05) is 43.4 Å². The fourth-order valence-corrected chi connectivity index (χ4v) is 4.65. The van der Waals surface area contributed by atoms with Crippen molar-refractivity contribution in [3.05, 3.63) is 58.5 Å². The molecule has 1 fully saturated rings. The first kappa shape index (κ1) is 20.9. The van der Waals surface area contributed by atoms with Crippen LogP contribution in [0, 0.1) is 0 Å². The molecule has 30 heavy (non-hydrogen) atoms. The maximum Gasteiger partial charge on any atom is 0.251 e. The number of aryl methyl sites for hydroxylation is 1. The Morgan fingerprint density at radius 1 is 1.07 bits per heavy atom. The number of hydrogen-bond acceptors (Lipinski definition) is 6. The van der Waals surface area contributed by atoms with Crippen molar-refractivity contribution >= 4 is 28.5 Å². The summed E-state index contributed by atoms with van der Waals surface area (Å²) < 4.78 is 0. The molecule has 2 aromatic heterocycles. The second-order valence-electron chi connectivity index (χ2n) is 7.68. The Bertz CT molecular complexity index is 1030. The third-order valence-electron chi connectivity index (χ3n) is 5.42. The molecule has 0 unspecified atom stereocenters. The normalized spacial score (nSPS) is 15.0. The summed E-state index contributed by atoms with van der Waals surface area (Å²) in [6.45, 7) is 7.30. The van der Waals surface area contributed by atoms with Crippen LogP contribution in [0.1, 0.15) is 25.5 Å². The third-order valence-corrected chi connectivity index (χ3v) is 6.38. The molecule has 1 N–H and O–H groups in total. The topological polar surface area (TPSA) is 65.1 Å². The van der Waals surface area contributed by atoms with Gasteiger partial charge >= 0.3 is 0 Å². The van der Waals surface area contributed by atoms with E-state index in [0.29, 0.717) is 0 Å². The minimum absolute atomic E-state index is 0.0469. The molecule has 0 atom stereocenters. The Balaban J connectivity index is 1.22. The molecule has 0 aliphatic carbocycles. The second kappa shape index (κ2) is 10.1. The molecule has 1 aliphatic rings. The number of thioether (sulfide) groups is 1. The van der Waals surface area contributed by atoms with E-state index in [1.165, 1.54) is 5.39 Å². The molecule has 7 heteroatoms. The van der Waals surface area contributed by atoms with Gasteiger partial charge in [0.25, 0.3) is 5.56 Å². The van der Waals surface area contributed by atoms with Gasteiger partial charge in [-0.05, 0) is 37.6 Å². The van der Waals surface area contributed by atoms with Crippen molar-refractivity contribution in [2.45, 2.75) is 31.3 Å². The summed E-state index contributed by atoms with van der Waals surface area (Å²) in [5.41, 5.74) is 1.90. The number of nitrogens with one attached hydrogen (secondary N) is 1. The lowest BCUT2D eigenvalue weighted by atomic mass is 10.2. The van der Waals surface area contributed by atoms with Gasteiger partial charge < -0.3 is 9.88 Å². The fourth-order valence-electron chi connectivity index (χ4n) is 3.83. The molecule has 1 saturated heterocycles. The number of nitrogens with zero attached hydrogens (tertiary/aromatic N) is 4. The molecular weight excluding hydrogens is 394 g/mol. The Hall–Kier alpha value is -2.38. The predicted molar refractivity (Wildman–Crippen MR) is 125 cm³/mol. The third kappa shape index (κ3) is 5.40. The van der Waals surface area contributed by atoms with E-state index in [-0.39, 0.29) is 5.56 Å². The average Bonchev–Trinajstić information content (AvgIpc) is 2.77. The lowest BCUT2D eigenvalue weighted by molar-refractivity contribution is 0.258. The molecule has 1 aromatic carbocycles. The largest absolute Gasteiger partial charge is 0.354 e. The summed E-state index contributed by atoms with van der Waals surface area (Å²) >= 11 is 1.65. The monoisotopic (exact) mass is 423 g/mol. The number of rotatable bonds is 8. The number of aromatic amines is 1. The van der Waals surface area contributed by atoms with E-state index in [2.05, 4.69) is 57.0 Å². The molecule has 1 aliphatic heterocycles. The number of H-pyrrole nitrogens is 1. The highest BCUT2D eigenvalue weighted by atomic mass is 32.2. The van der Waals surface area contributed by atoms with Gasteiger partial charge in [-0.25, -0.2) is 9.97 Å². The number of piperazine rings is 1. The van der Waals surface area contributed by atoms with Crippen LogP contribution in [-0.2, 0) is 6.42 Å². The summed E-state index contributed by atoms with van der Waals surface area (Å²) in [4.78, 5) is 28.9. The van der Waals surface area contributed by atoms with Crippen molar-refractivity contribution < 1.29 is 0 Å². The van der Waals surface area contributed by atoms with Gasteiger partial charge in [0.1, 0.15) is 5.82 Å². The number of benzene rings is 1. The zero-order valence-corrected chi connectivity index (χ0v) is 18.3. The van der Waals surface area contributed by atoms with E-state index >= 15 is 0 Å². The van der Waals surface area contributed by atoms with Crippen molar-refractivity contribution in [1.29, 1.82) is 0 Å². The van der Waals surface area contributed by atoms with E-state index in [0.717, 1.165) is 79.9 Å². The Kier molecular flexibility index (Phi) is 7.02. The zero-order valence-electron chi connectivity index (χ0n) is 17.5. The van der Waals surface area contributed by atoms with E-state index in [9.17, 15) is 4.79 Å². The number of hydrogen-bond donors (Lipinski definition) is 1. The minimum atomic E-state index is -0.0469. The number of para-hydroxylation sites is 1. The molecule has 6 nitrogen and oxygen atoms in total. The summed E-state index contributed by atoms with van der Waals surface area (Å²) in [5.74, 6) is 2.04. The van der Waals surface area contributed by atoms with Gasteiger partial charge in [0.05, 0.1) is 5.52 Å². The molecule has 4 rings (SSSR count). The first-order chi connectivity index (χ1) is 14.7. The Labute approximate surface area is 181 Å². The van der Waals surface area contributed by atoms with Gasteiger partial charge in [0, 0.05) is 49.1 Å². The highest BCUT2D eigenvalue weighted by Crippen LogP contribution is 2.19. The molecule has 3 heterocycles. The molecule has 3 aromatic rings. The van der Waals surface area contributed by atoms with Crippen LogP contribution in [0.2, 0.25) is 0 Å². The smallest absolute Gasteiger partial charge is 0.251 e. The number of pyridine rings is 1. The standard InChI is InChI=1S/C23H29N5OS/c1-2-6-19-17-22(29)26-23(24-19)30-16-5-11-27-12-14-28(15-13-27)21-10-9-18-7-3-4-8-20(18)25-21/h3-4,7-10,17H,2,5-6,11-16H2,1H3,(H,24,26,29).